The van der Waals surface area contributed by atoms with Crippen molar-refractivity contribution in [2.45, 2.75) is 26.7 Å². The van der Waals surface area contributed by atoms with Gasteiger partial charge in [0.1, 0.15) is 0 Å². The third-order valence-corrected chi connectivity index (χ3v) is 3.89. The van der Waals surface area contributed by atoms with Crippen molar-refractivity contribution in [1.29, 1.82) is 0 Å². The predicted molar refractivity (Wildman–Crippen MR) is 50.9 cm³/mol. The van der Waals surface area contributed by atoms with Gasteiger partial charge in [0.05, 0.1) is 0 Å². The van der Waals surface area contributed by atoms with Crippen LogP contribution in [0.5, 0.6) is 0 Å². The van der Waals surface area contributed by atoms with E-state index in [0.717, 1.165) is 5.92 Å². The Morgan fingerprint density at radius 1 is 1.55 bits per heavy atom. The maximum Gasteiger partial charge on any atom is 0.0485 e. The fraction of sp³-hybridized carbons (Fsp3) is 1.00. The third kappa shape index (κ3) is 2.38. The summed E-state index contributed by atoms with van der Waals surface area (Å²) in [6.45, 7) is 4.67. The summed E-state index contributed by atoms with van der Waals surface area (Å²) in [4.78, 5) is 0. The molecule has 66 valence electrons. The Morgan fingerprint density at radius 3 is 2.73 bits per heavy atom. The second-order valence-corrected chi connectivity index (χ2v) is 5.21. The number of rotatable bonds is 2. The Labute approximate surface area is 73.6 Å². The van der Waals surface area contributed by atoms with Crippen molar-refractivity contribution in [3.63, 3.8) is 0 Å². The Kier molecular flexibility index (Phi) is 3.26. The first kappa shape index (κ1) is 9.40. The average molecular weight is 174 g/mol. The monoisotopic (exact) mass is 174 g/mol. The van der Waals surface area contributed by atoms with Gasteiger partial charge in [-0.2, -0.15) is 11.8 Å². The second kappa shape index (κ2) is 3.81. The van der Waals surface area contributed by atoms with Gasteiger partial charge in [-0.25, -0.2) is 0 Å². The van der Waals surface area contributed by atoms with Crippen LogP contribution in [0.25, 0.3) is 0 Å². The van der Waals surface area contributed by atoms with Crippen molar-refractivity contribution in [1.82, 2.24) is 0 Å². The topological polar surface area (TPSA) is 20.2 Å². The van der Waals surface area contributed by atoms with E-state index in [-0.39, 0.29) is 5.41 Å². The maximum atomic E-state index is 9.14. The van der Waals surface area contributed by atoms with Crippen LogP contribution < -0.4 is 0 Å². The van der Waals surface area contributed by atoms with Gasteiger partial charge in [-0.3, -0.25) is 0 Å². The van der Waals surface area contributed by atoms with Gasteiger partial charge >= 0.3 is 0 Å². The van der Waals surface area contributed by atoms with Crippen LogP contribution in [0, 0.1) is 11.3 Å². The van der Waals surface area contributed by atoms with Gasteiger partial charge in [-0.05, 0) is 35.7 Å². The first-order valence-electron chi connectivity index (χ1n) is 4.35. The fourth-order valence-electron chi connectivity index (χ4n) is 1.49. The molecule has 1 rings (SSSR count). The van der Waals surface area contributed by atoms with Gasteiger partial charge in [0.15, 0.2) is 0 Å². The van der Waals surface area contributed by atoms with Crippen LogP contribution in [0.1, 0.15) is 26.7 Å². The predicted octanol–water partition coefficient (Wildman–Crippen LogP) is 2.15. The van der Waals surface area contributed by atoms with Crippen molar-refractivity contribution >= 4 is 11.8 Å². The van der Waals surface area contributed by atoms with Gasteiger partial charge in [-0.15, -0.1) is 0 Å². The smallest absolute Gasteiger partial charge is 0.0485 e. The van der Waals surface area contributed by atoms with Crippen LogP contribution in [0.4, 0.5) is 0 Å². The van der Waals surface area contributed by atoms with E-state index in [4.69, 9.17) is 5.11 Å². The first-order chi connectivity index (χ1) is 5.17. The summed E-state index contributed by atoms with van der Waals surface area (Å²) in [5, 5.41) is 9.14. The van der Waals surface area contributed by atoms with Gasteiger partial charge < -0.3 is 5.11 Å². The van der Waals surface area contributed by atoms with E-state index in [1.54, 1.807) is 0 Å². The zero-order valence-corrected chi connectivity index (χ0v) is 8.28. The second-order valence-electron chi connectivity index (χ2n) is 4.06. The van der Waals surface area contributed by atoms with E-state index in [1.165, 1.54) is 24.3 Å². The fourth-order valence-corrected chi connectivity index (χ4v) is 2.93. The van der Waals surface area contributed by atoms with Crippen molar-refractivity contribution in [3.05, 3.63) is 0 Å². The number of thioether (sulfide) groups is 1. The molecule has 0 aromatic carbocycles. The molecule has 0 aromatic rings. The number of hydrogen-bond donors (Lipinski definition) is 1. The van der Waals surface area contributed by atoms with Crippen molar-refractivity contribution in [2.75, 3.05) is 18.1 Å². The van der Waals surface area contributed by atoms with E-state index < -0.39 is 0 Å². The zero-order chi connectivity index (χ0) is 8.32. The molecule has 0 bridgehead atoms. The highest BCUT2D eigenvalue weighted by Gasteiger charge is 2.29. The number of aliphatic hydroxyl groups excluding tert-OH is 1. The van der Waals surface area contributed by atoms with Crippen LogP contribution in [0.3, 0.4) is 0 Å². The molecular formula is C9H18OS. The minimum absolute atomic E-state index is 0.146. The van der Waals surface area contributed by atoms with Crippen molar-refractivity contribution in [3.8, 4) is 0 Å². The molecule has 0 saturated carbocycles. The molecule has 0 aliphatic carbocycles. The molecule has 1 fully saturated rings. The minimum Gasteiger partial charge on any atom is -0.396 e. The first-order valence-corrected chi connectivity index (χ1v) is 5.51. The van der Waals surface area contributed by atoms with Gasteiger partial charge in [0.2, 0.25) is 0 Å². The molecule has 1 nitrogen and oxygen atoms in total. The summed E-state index contributed by atoms with van der Waals surface area (Å²) in [6, 6.07) is 0. The average Bonchev–Trinajstić information content (AvgIpc) is 2.06. The van der Waals surface area contributed by atoms with Crippen LogP contribution in [-0.2, 0) is 0 Å². The van der Waals surface area contributed by atoms with Gasteiger partial charge in [0.25, 0.3) is 0 Å². The molecule has 0 amide bonds. The summed E-state index contributed by atoms with van der Waals surface area (Å²) >= 11 is 2.03. The molecule has 1 aliphatic rings. The van der Waals surface area contributed by atoms with Crippen LogP contribution >= 0.6 is 11.8 Å². The number of aliphatic hydroxyl groups is 1. The van der Waals surface area contributed by atoms with Crippen LogP contribution in [-0.4, -0.2) is 23.2 Å². The summed E-state index contributed by atoms with van der Waals surface area (Å²) < 4.78 is 0. The summed E-state index contributed by atoms with van der Waals surface area (Å²) in [7, 11) is 0. The third-order valence-electron chi connectivity index (χ3n) is 2.67. The van der Waals surface area contributed by atoms with Crippen molar-refractivity contribution in [2.24, 2.45) is 11.3 Å². The SMILES string of the molecule is CC(C)(CO)C1CCCSC1. The Bertz CT molecular complexity index is 117. The van der Waals surface area contributed by atoms with Crippen LogP contribution in [0.2, 0.25) is 0 Å². The quantitative estimate of drug-likeness (QED) is 0.692. The lowest BCUT2D eigenvalue weighted by Gasteiger charge is -2.35. The summed E-state index contributed by atoms with van der Waals surface area (Å²) in [5.74, 6) is 3.29. The van der Waals surface area contributed by atoms with E-state index in [2.05, 4.69) is 13.8 Å². The Hall–Kier alpha value is 0.310. The maximum absolute atomic E-state index is 9.14. The largest absolute Gasteiger partial charge is 0.396 e. The molecule has 1 atom stereocenters. The molecule has 0 spiro atoms. The highest BCUT2D eigenvalue weighted by atomic mass is 32.2. The Morgan fingerprint density at radius 2 is 2.27 bits per heavy atom. The lowest BCUT2D eigenvalue weighted by Crippen LogP contribution is -2.31. The lowest BCUT2D eigenvalue weighted by atomic mass is 9.78. The minimum atomic E-state index is 0.146. The van der Waals surface area contributed by atoms with Crippen molar-refractivity contribution < 1.29 is 5.11 Å². The molecular weight excluding hydrogens is 156 g/mol. The molecule has 1 heterocycles. The normalized spacial score (nSPS) is 27.0. The molecule has 0 radical (unpaired) electrons. The van der Waals surface area contributed by atoms with E-state index in [0.29, 0.717) is 6.61 Å². The molecule has 1 aliphatic heterocycles. The lowest BCUT2D eigenvalue weighted by molar-refractivity contribution is 0.101. The van der Waals surface area contributed by atoms with Gasteiger partial charge in [0, 0.05) is 6.61 Å². The molecule has 1 N–H and O–H groups in total. The zero-order valence-electron chi connectivity index (χ0n) is 7.47. The highest BCUT2D eigenvalue weighted by molar-refractivity contribution is 7.99. The van der Waals surface area contributed by atoms with E-state index in [1.807, 2.05) is 11.8 Å². The van der Waals surface area contributed by atoms with Crippen LogP contribution in [0.15, 0.2) is 0 Å². The van der Waals surface area contributed by atoms with Gasteiger partial charge in [-0.1, -0.05) is 13.8 Å². The van der Waals surface area contributed by atoms with E-state index >= 15 is 0 Å². The molecule has 2 heteroatoms. The number of hydrogen-bond acceptors (Lipinski definition) is 2. The molecule has 1 unspecified atom stereocenters. The highest BCUT2D eigenvalue weighted by Crippen LogP contribution is 2.36. The molecule has 11 heavy (non-hydrogen) atoms. The standard InChI is InChI=1S/C9H18OS/c1-9(2,7-10)8-4-3-5-11-6-8/h8,10H,3-7H2,1-2H3. The molecule has 0 aromatic heterocycles. The summed E-state index contributed by atoms with van der Waals surface area (Å²) in [6.07, 6.45) is 2.64. The molecule has 1 saturated heterocycles. The Balaban J connectivity index is 2.43. The van der Waals surface area contributed by atoms with E-state index in [9.17, 15) is 0 Å². The summed E-state index contributed by atoms with van der Waals surface area (Å²) in [5.41, 5.74) is 0.146.